The highest BCUT2D eigenvalue weighted by Crippen LogP contribution is 2.66. The van der Waals surface area contributed by atoms with E-state index in [1.54, 1.807) is 0 Å². The van der Waals surface area contributed by atoms with Crippen molar-refractivity contribution < 1.29 is 14.6 Å². The maximum Gasteiger partial charge on any atom is 0.302 e. The average Bonchev–Trinajstić information content (AvgIpc) is 3.01. The number of hydrogen-bond donors (Lipinski definition) is 1. The summed E-state index contributed by atoms with van der Waals surface area (Å²) in [5.74, 6) is 2.50. The highest BCUT2D eigenvalue weighted by atomic mass is 16.5. The van der Waals surface area contributed by atoms with E-state index in [-0.39, 0.29) is 28.3 Å². The second kappa shape index (κ2) is 8.86. The summed E-state index contributed by atoms with van der Waals surface area (Å²) in [6.45, 7) is 18.0. The lowest BCUT2D eigenvalue weighted by atomic mass is 9.52. The van der Waals surface area contributed by atoms with Crippen LogP contribution in [0.3, 0.4) is 0 Å². The molecule has 4 rings (SSSR count). The van der Waals surface area contributed by atoms with Crippen molar-refractivity contribution in [1.29, 1.82) is 0 Å². The predicted molar refractivity (Wildman–Crippen MR) is 139 cm³/mol. The van der Waals surface area contributed by atoms with Gasteiger partial charge in [-0.3, -0.25) is 4.79 Å². The molecule has 3 nitrogen and oxygen atoms in total. The molecule has 1 fully saturated rings. The van der Waals surface area contributed by atoms with E-state index in [9.17, 15) is 9.90 Å². The first-order chi connectivity index (χ1) is 15.8. The van der Waals surface area contributed by atoms with Crippen LogP contribution in [-0.2, 0) is 33.2 Å². The minimum Gasteiger partial charge on any atom is -0.508 e. The van der Waals surface area contributed by atoms with Gasteiger partial charge in [0.25, 0.3) is 0 Å². The molecule has 3 aliphatic carbocycles. The monoisotopic (exact) mass is 468 g/mol. The van der Waals surface area contributed by atoms with E-state index in [0.29, 0.717) is 5.75 Å². The fraction of sp³-hybridized carbons (Fsp3) is 0.774. The summed E-state index contributed by atoms with van der Waals surface area (Å²) in [5.41, 5.74) is 5.23. The van der Waals surface area contributed by atoms with E-state index < -0.39 is 0 Å². The van der Waals surface area contributed by atoms with E-state index in [1.807, 2.05) is 6.07 Å². The molecule has 0 saturated heterocycles. The van der Waals surface area contributed by atoms with E-state index in [1.165, 1.54) is 67.7 Å². The Labute approximate surface area is 208 Å². The van der Waals surface area contributed by atoms with Gasteiger partial charge in [0.2, 0.25) is 0 Å². The molecule has 0 aromatic heterocycles. The minimum absolute atomic E-state index is 0.0214. The van der Waals surface area contributed by atoms with Gasteiger partial charge >= 0.3 is 5.97 Å². The van der Waals surface area contributed by atoms with E-state index in [0.717, 1.165) is 37.0 Å². The fourth-order valence-corrected chi connectivity index (χ4v) is 8.41. The Balaban J connectivity index is 1.69. The Morgan fingerprint density at radius 2 is 1.76 bits per heavy atom. The molecule has 3 heteroatoms. The third-order valence-corrected chi connectivity index (χ3v) is 10.6. The summed E-state index contributed by atoms with van der Waals surface area (Å²) in [7, 11) is 0. The van der Waals surface area contributed by atoms with Crippen LogP contribution in [0.25, 0.3) is 0 Å². The van der Waals surface area contributed by atoms with Crippen LogP contribution in [0.4, 0.5) is 0 Å². The molecule has 1 aromatic rings. The van der Waals surface area contributed by atoms with Gasteiger partial charge in [0, 0.05) is 23.3 Å². The molecular formula is C31H48O3. The number of aromatic hydroxyl groups is 1. The lowest BCUT2D eigenvalue weighted by Gasteiger charge is -2.52. The topological polar surface area (TPSA) is 46.5 Å². The van der Waals surface area contributed by atoms with E-state index >= 15 is 0 Å². The number of phenolic OH excluding ortho intramolecular Hbond substituents is 1. The molecular weight excluding hydrogens is 420 g/mol. The van der Waals surface area contributed by atoms with Crippen molar-refractivity contribution in [2.24, 2.45) is 23.2 Å². The Morgan fingerprint density at radius 1 is 1.06 bits per heavy atom. The summed E-state index contributed by atoms with van der Waals surface area (Å²) in [6, 6.07) is 2.04. The highest BCUT2D eigenvalue weighted by molar-refractivity contribution is 5.67. The smallest absolute Gasteiger partial charge is 0.302 e. The molecule has 190 valence electrons. The van der Waals surface area contributed by atoms with Crippen molar-refractivity contribution in [2.45, 2.75) is 130 Å². The second-order valence-electron chi connectivity index (χ2n) is 13.3. The number of carbonyl (C=O) groups excluding carboxylic acids is 1. The second-order valence-corrected chi connectivity index (χ2v) is 13.3. The molecule has 34 heavy (non-hydrogen) atoms. The van der Waals surface area contributed by atoms with E-state index in [2.05, 4.69) is 48.5 Å². The first-order valence-electron chi connectivity index (χ1n) is 13.9. The average molecular weight is 469 g/mol. The van der Waals surface area contributed by atoms with Crippen LogP contribution in [0.5, 0.6) is 5.75 Å². The molecule has 0 amide bonds. The number of phenols is 1. The maximum atomic E-state index is 11.7. The highest BCUT2D eigenvalue weighted by Gasteiger charge is 2.59. The third kappa shape index (κ3) is 3.90. The van der Waals surface area contributed by atoms with Gasteiger partial charge in [0.15, 0.2) is 0 Å². The first-order valence-corrected chi connectivity index (χ1v) is 13.9. The molecule has 1 aromatic carbocycles. The quantitative estimate of drug-likeness (QED) is 0.437. The SMILES string of the molecule is CC(=O)O[C@H]1CCc2c(cc(O)c3c2CC[C@]2(C)[C@@H]([C@H](C)CCCC(C)C)CC[C@@]32C)C1(C)C. The number of fused-ring (bicyclic) bond motifs is 5. The standard InChI is InChI=1S/C31H48O3/c1-19(2)10-9-11-20(3)24-15-17-31(8)28-23(14-16-30(24,31)7)22-12-13-27(34-21(4)32)29(5,6)25(22)18-26(28)33/h18-20,24,27,33H,9-17H2,1-8H3/t20-,24-,27+,30-,31+/m1/s1. The van der Waals surface area contributed by atoms with Gasteiger partial charge in [-0.2, -0.15) is 0 Å². The third-order valence-electron chi connectivity index (χ3n) is 10.6. The van der Waals surface area contributed by atoms with Crippen LogP contribution >= 0.6 is 0 Å². The normalized spacial score (nSPS) is 32.6. The largest absolute Gasteiger partial charge is 0.508 e. The number of carbonyl (C=O) groups is 1. The van der Waals surface area contributed by atoms with Gasteiger partial charge in [0.05, 0.1) is 0 Å². The minimum atomic E-state index is -0.295. The summed E-state index contributed by atoms with van der Waals surface area (Å²) < 4.78 is 5.72. The van der Waals surface area contributed by atoms with Crippen molar-refractivity contribution >= 4 is 5.97 Å². The van der Waals surface area contributed by atoms with Gasteiger partial charge < -0.3 is 9.84 Å². The van der Waals surface area contributed by atoms with Crippen molar-refractivity contribution in [3.63, 3.8) is 0 Å². The molecule has 1 saturated carbocycles. The molecule has 0 aliphatic heterocycles. The first kappa shape index (κ1) is 25.6. The van der Waals surface area contributed by atoms with Crippen LogP contribution in [0.2, 0.25) is 0 Å². The molecule has 0 bridgehead atoms. The van der Waals surface area contributed by atoms with Crippen molar-refractivity contribution in [3.05, 3.63) is 28.3 Å². The number of rotatable bonds is 6. The van der Waals surface area contributed by atoms with Gasteiger partial charge in [-0.25, -0.2) is 0 Å². The van der Waals surface area contributed by atoms with Gasteiger partial charge in [0.1, 0.15) is 11.9 Å². The Kier molecular flexibility index (Phi) is 6.66. The zero-order valence-corrected chi connectivity index (χ0v) is 23.0. The van der Waals surface area contributed by atoms with Crippen LogP contribution in [0, 0.1) is 23.2 Å². The zero-order valence-electron chi connectivity index (χ0n) is 23.0. The maximum absolute atomic E-state index is 11.7. The van der Waals surface area contributed by atoms with Crippen LogP contribution in [0.15, 0.2) is 6.07 Å². The summed E-state index contributed by atoms with van der Waals surface area (Å²) in [5, 5.41) is 11.6. The van der Waals surface area contributed by atoms with Gasteiger partial charge in [-0.15, -0.1) is 0 Å². The van der Waals surface area contributed by atoms with Crippen molar-refractivity contribution in [3.8, 4) is 5.75 Å². The number of ether oxygens (including phenoxy) is 1. The van der Waals surface area contributed by atoms with Crippen LogP contribution < -0.4 is 0 Å². The van der Waals surface area contributed by atoms with Gasteiger partial charge in [-0.1, -0.05) is 67.7 Å². The summed E-state index contributed by atoms with van der Waals surface area (Å²) >= 11 is 0. The molecule has 3 aliphatic rings. The summed E-state index contributed by atoms with van der Waals surface area (Å²) in [6.07, 6.45) is 10.3. The Morgan fingerprint density at radius 3 is 2.41 bits per heavy atom. The fourth-order valence-electron chi connectivity index (χ4n) is 8.41. The van der Waals surface area contributed by atoms with Crippen molar-refractivity contribution in [1.82, 2.24) is 0 Å². The number of hydrogen-bond acceptors (Lipinski definition) is 3. The molecule has 0 spiro atoms. The van der Waals surface area contributed by atoms with E-state index in [4.69, 9.17) is 4.74 Å². The van der Waals surface area contributed by atoms with Gasteiger partial charge in [-0.05, 0) is 84.5 Å². The summed E-state index contributed by atoms with van der Waals surface area (Å²) in [4.78, 5) is 11.7. The van der Waals surface area contributed by atoms with Crippen LogP contribution in [0.1, 0.15) is 123 Å². The van der Waals surface area contributed by atoms with Crippen molar-refractivity contribution in [2.75, 3.05) is 0 Å². The molecule has 0 heterocycles. The van der Waals surface area contributed by atoms with Crippen LogP contribution in [-0.4, -0.2) is 17.2 Å². The molecule has 0 radical (unpaired) electrons. The zero-order chi connectivity index (χ0) is 25.1. The lowest BCUT2D eigenvalue weighted by Crippen LogP contribution is -2.47. The molecule has 1 N–H and O–H groups in total. The Bertz CT molecular complexity index is 944. The predicted octanol–water partition coefficient (Wildman–Crippen LogP) is 7.63. The molecule has 0 unspecified atom stereocenters. The molecule has 5 atom stereocenters. The Hall–Kier alpha value is -1.51. The number of esters is 1. The lowest BCUT2D eigenvalue weighted by molar-refractivity contribution is -0.150. The number of benzene rings is 1.